The van der Waals surface area contributed by atoms with Crippen molar-refractivity contribution in [2.24, 2.45) is 11.1 Å². The quantitative estimate of drug-likeness (QED) is 0.852. The van der Waals surface area contributed by atoms with Gasteiger partial charge in [-0.1, -0.05) is 20.3 Å². The molecule has 2 aliphatic rings. The first-order valence-electron chi connectivity index (χ1n) is 8.00. The van der Waals surface area contributed by atoms with Crippen molar-refractivity contribution in [1.29, 1.82) is 0 Å². The fraction of sp³-hybridized carbons (Fsp3) is 1.00. The molecule has 2 fully saturated rings. The molecule has 3 nitrogen and oxygen atoms in total. The maximum atomic E-state index is 6.25. The van der Waals surface area contributed by atoms with Crippen LogP contribution in [0, 0.1) is 5.41 Å². The molecule has 1 saturated carbocycles. The second kappa shape index (κ2) is 5.71. The third-order valence-electron chi connectivity index (χ3n) is 5.58. The number of hydrogen-bond acceptors (Lipinski definition) is 3. The monoisotopic (exact) mass is 267 g/mol. The molecule has 3 heteroatoms. The van der Waals surface area contributed by atoms with Gasteiger partial charge >= 0.3 is 0 Å². The second-order valence-corrected chi connectivity index (χ2v) is 7.79. The molecule has 0 aromatic carbocycles. The molecular formula is C16H33N3. The van der Waals surface area contributed by atoms with Gasteiger partial charge in [0.1, 0.15) is 0 Å². The topological polar surface area (TPSA) is 32.5 Å². The molecule has 2 N–H and O–H groups in total. The smallest absolute Gasteiger partial charge is 0.0337 e. The molecule has 2 unspecified atom stereocenters. The van der Waals surface area contributed by atoms with Gasteiger partial charge < -0.3 is 10.6 Å². The lowest BCUT2D eigenvalue weighted by Gasteiger charge is -2.53. The van der Waals surface area contributed by atoms with E-state index in [0.717, 1.165) is 6.54 Å². The summed E-state index contributed by atoms with van der Waals surface area (Å²) < 4.78 is 0. The molecule has 1 heterocycles. The minimum Gasteiger partial charge on any atom is -0.329 e. The number of piperidine rings is 1. The molecule has 0 radical (unpaired) electrons. The third kappa shape index (κ3) is 3.32. The summed E-state index contributed by atoms with van der Waals surface area (Å²) in [6, 6.07) is 0.691. The molecule has 0 aromatic heterocycles. The van der Waals surface area contributed by atoms with Gasteiger partial charge in [-0.25, -0.2) is 0 Å². The van der Waals surface area contributed by atoms with Gasteiger partial charge in [-0.15, -0.1) is 0 Å². The lowest BCUT2D eigenvalue weighted by atomic mass is 9.67. The lowest BCUT2D eigenvalue weighted by molar-refractivity contribution is -0.0179. The van der Waals surface area contributed by atoms with Crippen LogP contribution in [0.1, 0.15) is 52.4 Å². The zero-order valence-corrected chi connectivity index (χ0v) is 13.4. The van der Waals surface area contributed by atoms with Gasteiger partial charge in [-0.05, 0) is 58.2 Å². The van der Waals surface area contributed by atoms with Crippen LogP contribution >= 0.6 is 0 Å². The Bertz CT molecular complexity index is 302. The Labute approximate surface area is 119 Å². The van der Waals surface area contributed by atoms with Crippen molar-refractivity contribution in [2.45, 2.75) is 64.0 Å². The average Bonchev–Trinajstić information content (AvgIpc) is 2.36. The largest absolute Gasteiger partial charge is 0.329 e. The van der Waals surface area contributed by atoms with Crippen molar-refractivity contribution < 1.29 is 0 Å². The minimum atomic E-state index is 0.241. The van der Waals surface area contributed by atoms with Gasteiger partial charge in [-0.2, -0.15) is 0 Å². The number of likely N-dealkylation sites (N-methyl/N-ethyl adjacent to an activating group) is 2. The molecule has 1 aliphatic heterocycles. The van der Waals surface area contributed by atoms with Gasteiger partial charge in [0.05, 0.1) is 0 Å². The molecular weight excluding hydrogens is 234 g/mol. The molecule has 0 aromatic rings. The van der Waals surface area contributed by atoms with Crippen LogP contribution in [0.15, 0.2) is 0 Å². The van der Waals surface area contributed by atoms with E-state index in [2.05, 4.69) is 37.7 Å². The highest BCUT2D eigenvalue weighted by Gasteiger charge is 2.44. The van der Waals surface area contributed by atoms with Crippen LogP contribution in [0.25, 0.3) is 0 Å². The Kier molecular flexibility index (Phi) is 4.59. The summed E-state index contributed by atoms with van der Waals surface area (Å²) in [5, 5.41) is 0. The van der Waals surface area contributed by atoms with Crippen LogP contribution in [0.4, 0.5) is 0 Å². The van der Waals surface area contributed by atoms with E-state index in [4.69, 9.17) is 5.73 Å². The number of likely N-dealkylation sites (tertiary alicyclic amines) is 1. The number of hydrogen-bond donors (Lipinski definition) is 1. The van der Waals surface area contributed by atoms with E-state index in [1.54, 1.807) is 0 Å². The van der Waals surface area contributed by atoms with E-state index in [1.165, 1.54) is 51.6 Å². The molecule has 112 valence electrons. The molecule has 2 atom stereocenters. The minimum absolute atomic E-state index is 0.241. The van der Waals surface area contributed by atoms with Crippen molar-refractivity contribution in [3.05, 3.63) is 0 Å². The average molecular weight is 267 g/mol. The predicted molar refractivity (Wildman–Crippen MR) is 82.3 cm³/mol. The first-order valence-corrected chi connectivity index (χ1v) is 8.00. The Hall–Kier alpha value is -0.120. The van der Waals surface area contributed by atoms with Crippen LogP contribution < -0.4 is 5.73 Å². The molecule has 0 amide bonds. The molecule has 0 bridgehead atoms. The van der Waals surface area contributed by atoms with E-state index < -0.39 is 0 Å². The molecule has 19 heavy (non-hydrogen) atoms. The highest BCUT2D eigenvalue weighted by atomic mass is 15.3. The molecule has 1 saturated heterocycles. The zero-order valence-electron chi connectivity index (χ0n) is 13.4. The van der Waals surface area contributed by atoms with Crippen molar-refractivity contribution in [2.75, 3.05) is 33.7 Å². The van der Waals surface area contributed by atoms with E-state index in [0.29, 0.717) is 11.5 Å². The molecule has 1 aliphatic carbocycles. The fourth-order valence-corrected chi connectivity index (χ4v) is 4.43. The van der Waals surface area contributed by atoms with E-state index in [1.807, 2.05) is 0 Å². The summed E-state index contributed by atoms with van der Waals surface area (Å²) in [7, 11) is 4.58. The second-order valence-electron chi connectivity index (χ2n) is 7.79. The Morgan fingerprint density at radius 1 is 1.26 bits per heavy atom. The van der Waals surface area contributed by atoms with Crippen LogP contribution in [-0.2, 0) is 0 Å². The molecule has 2 rings (SSSR count). The fourth-order valence-electron chi connectivity index (χ4n) is 4.43. The molecule has 0 spiro atoms. The van der Waals surface area contributed by atoms with E-state index in [9.17, 15) is 0 Å². The summed E-state index contributed by atoms with van der Waals surface area (Å²) in [5.41, 5.74) is 6.94. The first kappa shape index (κ1) is 15.3. The SMILES string of the molecule is CN1CCCC(N(C)C2(CN)CCCC(C)(C)C2)C1. The van der Waals surface area contributed by atoms with E-state index >= 15 is 0 Å². The predicted octanol–water partition coefficient (Wildman–Crippen LogP) is 2.31. The number of nitrogens with two attached hydrogens (primary N) is 1. The Balaban J connectivity index is 2.11. The standard InChI is InChI=1S/C16H33N3/c1-15(2)8-6-9-16(12-15,13-17)19(4)14-7-5-10-18(3)11-14/h14H,5-13,17H2,1-4H3. The normalized spacial score (nSPS) is 36.6. The van der Waals surface area contributed by atoms with Crippen molar-refractivity contribution in [1.82, 2.24) is 9.80 Å². The van der Waals surface area contributed by atoms with Gasteiger partial charge in [0.25, 0.3) is 0 Å². The van der Waals surface area contributed by atoms with Crippen LogP contribution in [0.2, 0.25) is 0 Å². The van der Waals surface area contributed by atoms with Gasteiger partial charge in [0.2, 0.25) is 0 Å². The zero-order chi connectivity index (χ0) is 14.1. The maximum absolute atomic E-state index is 6.25. The summed E-state index contributed by atoms with van der Waals surface area (Å²) in [6.45, 7) is 8.10. The van der Waals surface area contributed by atoms with Crippen LogP contribution in [0.3, 0.4) is 0 Å². The van der Waals surface area contributed by atoms with Gasteiger partial charge in [-0.3, -0.25) is 4.90 Å². The van der Waals surface area contributed by atoms with Crippen molar-refractivity contribution in [3.63, 3.8) is 0 Å². The van der Waals surface area contributed by atoms with E-state index in [-0.39, 0.29) is 5.54 Å². The van der Waals surface area contributed by atoms with Gasteiger partial charge in [0, 0.05) is 24.7 Å². The summed E-state index contributed by atoms with van der Waals surface area (Å²) in [6.07, 6.45) is 7.89. The maximum Gasteiger partial charge on any atom is 0.0337 e. The number of nitrogens with zero attached hydrogens (tertiary/aromatic N) is 2. The highest BCUT2D eigenvalue weighted by molar-refractivity contribution is 5.01. The van der Waals surface area contributed by atoms with Crippen LogP contribution in [0.5, 0.6) is 0 Å². The highest BCUT2D eigenvalue weighted by Crippen LogP contribution is 2.44. The summed E-state index contributed by atoms with van der Waals surface area (Å²) in [4.78, 5) is 5.13. The Morgan fingerprint density at radius 3 is 2.58 bits per heavy atom. The van der Waals surface area contributed by atoms with Crippen molar-refractivity contribution >= 4 is 0 Å². The Morgan fingerprint density at radius 2 is 2.00 bits per heavy atom. The summed E-state index contributed by atoms with van der Waals surface area (Å²) >= 11 is 0. The number of rotatable bonds is 3. The van der Waals surface area contributed by atoms with Gasteiger partial charge in [0.15, 0.2) is 0 Å². The third-order valence-corrected chi connectivity index (χ3v) is 5.58. The lowest BCUT2D eigenvalue weighted by Crippen LogP contribution is -2.61. The first-order chi connectivity index (χ1) is 8.88. The van der Waals surface area contributed by atoms with Crippen molar-refractivity contribution in [3.8, 4) is 0 Å². The van der Waals surface area contributed by atoms with Crippen LogP contribution in [-0.4, -0.2) is 55.1 Å². The summed E-state index contributed by atoms with van der Waals surface area (Å²) in [5.74, 6) is 0.